The van der Waals surface area contributed by atoms with E-state index in [1.54, 1.807) is 19.1 Å². The number of pyridine rings is 1. The maximum atomic E-state index is 12.8. The van der Waals surface area contributed by atoms with Crippen LogP contribution in [0.2, 0.25) is 0 Å². The molecule has 3 rings (SSSR count). The maximum Gasteiger partial charge on any atom is 0.434 e. The summed E-state index contributed by atoms with van der Waals surface area (Å²) in [6, 6.07) is 3.18. The normalized spacial score (nSPS) is 11.2. The van der Waals surface area contributed by atoms with E-state index in [1.807, 2.05) is 0 Å². The highest BCUT2D eigenvalue weighted by Crippen LogP contribution is 2.31. The third-order valence-electron chi connectivity index (χ3n) is 3.46. The van der Waals surface area contributed by atoms with Gasteiger partial charge in [0, 0.05) is 6.07 Å². The first kappa shape index (κ1) is 19.5. The minimum absolute atomic E-state index is 0.154. The summed E-state index contributed by atoms with van der Waals surface area (Å²) in [5, 5.41) is 5.57. The molecule has 2 N–H and O–H groups in total. The number of methoxy groups -OCH3 is 1. The van der Waals surface area contributed by atoms with Crippen LogP contribution in [0.5, 0.6) is 5.88 Å². The number of hydrogen-bond acceptors (Lipinski definition) is 8. The van der Waals surface area contributed by atoms with Crippen LogP contribution in [0.15, 0.2) is 30.7 Å². The fraction of sp³-hybridized carbons (Fsp3) is 0.188. The van der Waals surface area contributed by atoms with Gasteiger partial charge in [-0.05, 0) is 24.5 Å². The smallest absolute Gasteiger partial charge is 0.434 e. The summed E-state index contributed by atoms with van der Waals surface area (Å²) in [4.78, 5) is 23.6. The zero-order valence-electron chi connectivity index (χ0n) is 14.5. The standard InChI is InChI=1S/C16H13F3N6O2S/c1-8-13(14(26)22-9-3-4-12(27-2)21-5-9)15(28-25-8)24-11-7-20-6-10(23-11)16(17,18)19/h3-7H,1-2H3,(H,22,26)(H,23,24). The molecule has 146 valence electrons. The largest absolute Gasteiger partial charge is 0.481 e. The second-order valence-corrected chi connectivity index (χ2v) is 6.20. The first-order valence-electron chi connectivity index (χ1n) is 7.72. The lowest BCUT2D eigenvalue weighted by Gasteiger charge is -2.10. The van der Waals surface area contributed by atoms with Gasteiger partial charge in [0.25, 0.3) is 5.91 Å². The number of nitrogens with zero attached hydrogens (tertiary/aromatic N) is 4. The molecule has 3 aromatic rings. The van der Waals surface area contributed by atoms with Crippen LogP contribution in [-0.2, 0) is 6.18 Å². The topological polar surface area (TPSA) is 102 Å². The fourth-order valence-electron chi connectivity index (χ4n) is 2.17. The molecule has 0 aromatic carbocycles. The van der Waals surface area contributed by atoms with E-state index >= 15 is 0 Å². The van der Waals surface area contributed by atoms with Gasteiger partial charge in [0.15, 0.2) is 5.69 Å². The van der Waals surface area contributed by atoms with E-state index in [9.17, 15) is 18.0 Å². The Labute approximate surface area is 161 Å². The number of nitrogens with one attached hydrogen (secondary N) is 2. The molecule has 0 aliphatic rings. The number of amides is 1. The molecular formula is C16H13F3N6O2S. The number of rotatable bonds is 5. The third kappa shape index (κ3) is 4.34. The first-order chi connectivity index (χ1) is 13.3. The van der Waals surface area contributed by atoms with Crippen molar-refractivity contribution in [2.75, 3.05) is 17.7 Å². The molecule has 0 fully saturated rings. The van der Waals surface area contributed by atoms with Crippen LogP contribution in [-0.4, -0.2) is 32.3 Å². The number of hydrogen-bond donors (Lipinski definition) is 2. The van der Waals surface area contributed by atoms with Crippen LogP contribution >= 0.6 is 11.5 Å². The van der Waals surface area contributed by atoms with Crippen molar-refractivity contribution >= 4 is 33.9 Å². The Balaban J connectivity index is 1.82. The van der Waals surface area contributed by atoms with Crippen molar-refractivity contribution in [1.82, 2.24) is 19.3 Å². The molecule has 0 radical (unpaired) electrons. The summed E-state index contributed by atoms with van der Waals surface area (Å²) in [5.74, 6) is -0.267. The molecule has 0 bridgehead atoms. The van der Waals surface area contributed by atoms with Gasteiger partial charge in [-0.3, -0.25) is 9.78 Å². The summed E-state index contributed by atoms with van der Waals surface area (Å²) >= 11 is 0.923. The monoisotopic (exact) mass is 410 g/mol. The summed E-state index contributed by atoms with van der Waals surface area (Å²) in [7, 11) is 1.47. The average molecular weight is 410 g/mol. The number of halogens is 3. The van der Waals surface area contributed by atoms with E-state index in [4.69, 9.17) is 4.74 Å². The summed E-state index contributed by atoms with van der Waals surface area (Å²) < 4.78 is 47.4. The first-order valence-corrected chi connectivity index (χ1v) is 8.49. The Morgan fingerprint density at radius 2 is 2.00 bits per heavy atom. The molecule has 0 saturated heterocycles. The molecule has 3 heterocycles. The highest BCUT2D eigenvalue weighted by molar-refractivity contribution is 7.10. The molecule has 0 atom stereocenters. The number of anilines is 3. The Hall–Kier alpha value is -3.28. The van der Waals surface area contributed by atoms with Gasteiger partial charge in [-0.2, -0.15) is 17.5 Å². The molecule has 12 heteroatoms. The number of aromatic nitrogens is 4. The molecule has 28 heavy (non-hydrogen) atoms. The zero-order valence-corrected chi connectivity index (χ0v) is 15.4. The number of aryl methyl sites for hydroxylation is 1. The van der Waals surface area contributed by atoms with Gasteiger partial charge >= 0.3 is 6.18 Å². The van der Waals surface area contributed by atoms with Crippen molar-refractivity contribution < 1.29 is 22.7 Å². The van der Waals surface area contributed by atoms with Crippen LogP contribution in [0.4, 0.5) is 29.7 Å². The zero-order chi connectivity index (χ0) is 20.3. The molecule has 3 aromatic heterocycles. The SMILES string of the molecule is COc1ccc(NC(=O)c2c(C)nsc2Nc2cncc(C(F)(F)F)n2)cn1. The second-order valence-electron chi connectivity index (χ2n) is 5.43. The van der Waals surface area contributed by atoms with Crippen molar-refractivity contribution in [3.05, 3.63) is 47.7 Å². The van der Waals surface area contributed by atoms with Gasteiger partial charge in [0.1, 0.15) is 10.8 Å². The molecule has 0 aliphatic carbocycles. The highest BCUT2D eigenvalue weighted by atomic mass is 32.1. The minimum atomic E-state index is -4.63. The number of alkyl halides is 3. The van der Waals surface area contributed by atoms with Crippen LogP contribution in [0.3, 0.4) is 0 Å². The van der Waals surface area contributed by atoms with E-state index in [2.05, 4.69) is 30.0 Å². The predicted molar refractivity (Wildman–Crippen MR) is 95.9 cm³/mol. The van der Waals surface area contributed by atoms with E-state index < -0.39 is 17.8 Å². The van der Waals surface area contributed by atoms with E-state index in [-0.39, 0.29) is 16.4 Å². The van der Waals surface area contributed by atoms with Crippen molar-refractivity contribution in [1.29, 1.82) is 0 Å². The molecule has 1 amide bonds. The summed E-state index contributed by atoms with van der Waals surface area (Å²) in [6.45, 7) is 1.61. The molecule has 0 aliphatic heterocycles. The lowest BCUT2D eigenvalue weighted by atomic mass is 10.2. The number of carbonyl (C=O) groups is 1. The average Bonchev–Trinajstić information content (AvgIpc) is 3.02. The van der Waals surface area contributed by atoms with Gasteiger partial charge in [0.05, 0.1) is 42.6 Å². The van der Waals surface area contributed by atoms with Crippen molar-refractivity contribution in [3.8, 4) is 5.88 Å². The van der Waals surface area contributed by atoms with Gasteiger partial charge in [-0.15, -0.1) is 0 Å². The number of carbonyl (C=O) groups excluding carboxylic acids is 1. The van der Waals surface area contributed by atoms with Crippen LogP contribution in [0.1, 0.15) is 21.7 Å². The lowest BCUT2D eigenvalue weighted by molar-refractivity contribution is -0.141. The van der Waals surface area contributed by atoms with Gasteiger partial charge < -0.3 is 15.4 Å². The summed E-state index contributed by atoms with van der Waals surface area (Å²) in [6.07, 6.45) is -1.47. The van der Waals surface area contributed by atoms with E-state index in [0.29, 0.717) is 23.5 Å². The Morgan fingerprint density at radius 1 is 1.21 bits per heavy atom. The van der Waals surface area contributed by atoms with Crippen molar-refractivity contribution in [2.24, 2.45) is 0 Å². The van der Waals surface area contributed by atoms with E-state index in [0.717, 1.165) is 17.7 Å². The molecule has 8 nitrogen and oxygen atoms in total. The fourth-order valence-corrected chi connectivity index (χ4v) is 2.97. The maximum absolute atomic E-state index is 12.8. The molecular weight excluding hydrogens is 397 g/mol. The molecule has 0 spiro atoms. The summed E-state index contributed by atoms with van der Waals surface area (Å²) in [5.41, 5.74) is -0.137. The Kier molecular flexibility index (Phi) is 5.40. The minimum Gasteiger partial charge on any atom is -0.481 e. The number of ether oxygens (including phenoxy) is 1. The highest BCUT2D eigenvalue weighted by Gasteiger charge is 2.33. The van der Waals surface area contributed by atoms with Crippen LogP contribution < -0.4 is 15.4 Å². The third-order valence-corrected chi connectivity index (χ3v) is 4.31. The van der Waals surface area contributed by atoms with Gasteiger partial charge in [-0.1, -0.05) is 0 Å². The van der Waals surface area contributed by atoms with E-state index in [1.165, 1.54) is 13.3 Å². The Bertz CT molecular complexity index is 991. The van der Waals surface area contributed by atoms with Crippen LogP contribution in [0.25, 0.3) is 0 Å². The van der Waals surface area contributed by atoms with Gasteiger partial charge in [0.2, 0.25) is 5.88 Å². The second kappa shape index (κ2) is 7.76. The predicted octanol–water partition coefficient (Wildman–Crippen LogP) is 3.66. The lowest BCUT2D eigenvalue weighted by Crippen LogP contribution is -2.15. The molecule has 0 unspecified atom stereocenters. The van der Waals surface area contributed by atoms with Crippen LogP contribution in [0, 0.1) is 6.92 Å². The molecule has 0 saturated carbocycles. The quantitative estimate of drug-likeness (QED) is 0.662. The Morgan fingerprint density at radius 3 is 2.64 bits per heavy atom. The van der Waals surface area contributed by atoms with Crippen molar-refractivity contribution in [3.63, 3.8) is 0 Å². The van der Waals surface area contributed by atoms with Gasteiger partial charge in [-0.25, -0.2) is 9.97 Å². The van der Waals surface area contributed by atoms with Crippen molar-refractivity contribution in [2.45, 2.75) is 13.1 Å².